The van der Waals surface area contributed by atoms with Crippen molar-refractivity contribution in [2.24, 2.45) is 28.6 Å². The van der Waals surface area contributed by atoms with Gasteiger partial charge >= 0.3 is 23.9 Å². The third kappa shape index (κ3) is 4.14. The Morgan fingerprint density at radius 2 is 1.83 bits per heavy atom. The molecule has 0 spiro atoms. The number of carbonyl (C=O) groups is 5. The van der Waals surface area contributed by atoms with Gasteiger partial charge in [-0.2, -0.15) is 0 Å². The summed E-state index contributed by atoms with van der Waals surface area (Å²) >= 11 is 0. The van der Waals surface area contributed by atoms with Crippen molar-refractivity contribution >= 4 is 29.7 Å². The van der Waals surface area contributed by atoms with Gasteiger partial charge in [0.2, 0.25) is 5.60 Å². The summed E-state index contributed by atoms with van der Waals surface area (Å²) in [7, 11) is 1.24. The lowest BCUT2D eigenvalue weighted by Gasteiger charge is -2.66. The van der Waals surface area contributed by atoms with E-state index in [0.29, 0.717) is 24.0 Å². The van der Waals surface area contributed by atoms with Crippen molar-refractivity contribution in [3.8, 4) is 0 Å². The van der Waals surface area contributed by atoms with Gasteiger partial charge in [-0.3, -0.25) is 19.2 Å². The summed E-state index contributed by atoms with van der Waals surface area (Å²) in [4.78, 5) is 65.2. The third-order valence-electron chi connectivity index (χ3n) is 9.99. The van der Waals surface area contributed by atoms with Gasteiger partial charge in [-0.05, 0) is 30.4 Å². The summed E-state index contributed by atoms with van der Waals surface area (Å²) in [5, 5.41) is 12.8. The number of carbonyl (C=O) groups excluding carboxylic acids is 5. The zero-order chi connectivity index (χ0) is 30.1. The maximum atomic E-state index is 14.5. The van der Waals surface area contributed by atoms with Crippen molar-refractivity contribution in [1.82, 2.24) is 0 Å². The van der Waals surface area contributed by atoms with Crippen molar-refractivity contribution < 1.29 is 52.4 Å². The molecule has 1 N–H and O–H groups in total. The first-order chi connectivity index (χ1) is 19.1. The number of ketones is 1. The predicted octanol–water partition coefficient (Wildman–Crippen LogP) is 2.99. The van der Waals surface area contributed by atoms with Gasteiger partial charge in [-0.1, -0.05) is 20.8 Å². The number of hydrogen-bond acceptors (Lipinski definition) is 11. The summed E-state index contributed by atoms with van der Waals surface area (Å²) in [6.07, 6.45) is 2.24. The number of aliphatic hydroxyl groups is 1. The number of ether oxygens (including phenoxy) is 4. The number of fused-ring (bicyclic) bond motifs is 6. The van der Waals surface area contributed by atoms with Gasteiger partial charge in [0, 0.05) is 61.0 Å². The molecule has 8 atom stereocenters. The number of methoxy groups -OCH3 is 1. The fraction of sp³-hybridized carbons (Fsp3) is 0.633. The molecule has 0 unspecified atom stereocenters. The molecule has 1 aliphatic heterocycles. The van der Waals surface area contributed by atoms with Crippen LogP contribution in [0.1, 0.15) is 72.0 Å². The van der Waals surface area contributed by atoms with E-state index in [1.54, 1.807) is 19.9 Å². The maximum Gasteiger partial charge on any atom is 0.331 e. The van der Waals surface area contributed by atoms with Crippen LogP contribution in [0.2, 0.25) is 0 Å². The fourth-order valence-corrected chi connectivity index (χ4v) is 8.40. The summed E-state index contributed by atoms with van der Waals surface area (Å²) in [5.41, 5.74) is -4.94. The monoisotopic (exact) mass is 572 g/mol. The first kappa shape index (κ1) is 29.0. The van der Waals surface area contributed by atoms with Crippen molar-refractivity contribution in [1.29, 1.82) is 0 Å². The Morgan fingerprint density at radius 3 is 2.41 bits per heavy atom. The van der Waals surface area contributed by atoms with Crippen molar-refractivity contribution in [3.63, 3.8) is 0 Å². The van der Waals surface area contributed by atoms with E-state index in [2.05, 4.69) is 0 Å². The molecule has 5 rings (SSSR count). The molecule has 3 aliphatic carbocycles. The van der Waals surface area contributed by atoms with Gasteiger partial charge in [0.1, 0.15) is 6.10 Å². The largest absolute Gasteiger partial charge is 0.472 e. The molecular weight excluding hydrogens is 536 g/mol. The van der Waals surface area contributed by atoms with Crippen LogP contribution in [0.4, 0.5) is 0 Å². The molecule has 0 aromatic carbocycles. The van der Waals surface area contributed by atoms with E-state index >= 15 is 0 Å². The van der Waals surface area contributed by atoms with Crippen LogP contribution in [0.25, 0.3) is 0 Å². The lowest BCUT2D eigenvalue weighted by Crippen LogP contribution is -2.77. The molecule has 3 fully saturated rings. The van der Waals surface area contributed by atoms with E-state index < -0.39 is 88.1 Å². The Bertz CT molecular complexity index is 1330. The zero-order valence-electron chi connectivity index (χ0n) is 24.1. The molecule has 0 radical (unpaired) electrons. The molecule has 2 heterocycles. The summed E-state index contributed by atoms with van der Waals surface area (Å²) in [6, 6.07) is 1.69. The highest BCUT2D eigenvalue weighted by Gasteiger charge is 2.76. The van der Waals surface area contributed by atoms with Crippen LogP contribution in [0.5, 0.6) is 0 Å². The molecule has 222 valence electrons. The fourth-order valence-electron chi connectivity index (χ4n) is 8.40. The smallest absolute Gasteiger partial charge is 0.331 e. The first-order valence-electron chi connectivity index (χ1n) is 13.8. The number of furan rings is 1. The van der Waals surface area contributed by atoms with Crippen LogP contribution in [-0.2, 0) is 42.9 Å². The lowest BCUT2D eigenvalue weighted by molar-refractivity contribution is -0.261. The van der Waals surface area contributed by atoms with Gasteiger partial charge < -0.3 is 28.5 Å². The second kappa shape index (κ2) is 9.54. The molecule has 0 amide bonds. The van der Waals surface area contributed by atoms with E-state index in [4.69, 9.17) is 23.4 Å². The number of cyclic esters (lactones) is 1. The first-order valence-corrected chi connectivity index (χ1v) is 13.8. The Hall–Kier alpha value is -3.47. The van der Waals surface area contributed by atoms with Crippen LogP contribution >= 0.6 is 0 Å². The second-order valence-electron chi connectivity index (χ2n) is 12.7. The number of Topliss-reactive ketones (excluding diaryl/α,β-unsaturated/α-hetero) is 1. The molecule has 1 aromatic rings. The highest BCUT2D eigenvalue weighted by Crippen LogP contribution is 2.68. The molecule has 11 heteroatoms. The van der Waals surface area contributed by atoms with Gasteiger partial charge in [0.25, 0.3) is 0 Å². The topological polar surface area (TPSA) is 156 Å². The lowest BCUT2D eigenvalue weighted by atomic mass is 9.41. The predicted molar refractivity (Wildman–Crippen MR) is 138 cm³/mol. The van der Waals surface area contributed by atoms with Crippen molar-refractivity contribution in [3.05, 3.63) is 35.8 Å². The molecule has 11 nitrogen and oxygen atoms in total. The molecule has 3 saturated carbocycles. The van der Waals surface area contributed by atoms with Gasteiger partial charge in [0.15, 0.2) is 11.9 Å². The zero-order valence-corrected chi connectivity index (χ0v) is 24.1. The number of hydrogen-bond donors (Lipinski definition) is 1. The van der Waals surface area contributed by atoms with Gasteiger partial charge in [-0.15, -0.1) is 0 Å². The van der Waals surface area contributed by atoms with Crippen molar-refractivity contribution in [2.75, 3.05) is 7.11 Å². The average Bonchev–Trinajstić information content (AvgIpc) is 3.41. The maximum absolute atomic E-state index is 14.5. The average molecular weight is 573 g/mol. The van der Waals surface area contributed by atoms with Crippen LogP contribution < -0.4 is 0 Å². The molecule has 1 aromatic heterocycles. The Morgan fingerprint density at radius 1 is 1.12 bits per heavy atom. The van der Waals surface area contributed by atoms with E-state index in [1.165, 1.54) is 32.6 Å². The minimum Gasteiger partial charge on any atom is -0.472 e. The normalized spacial score (nSPS) is 38.9. The minimum absolute atomic E-state index is 0.198. The molecule has 41 heavy (non-hydrogen) atoms. The summed E-state index contributed by atoms with van der Waals surface area (Å²) in [6.45, 7) is 7.71. The van der Waals surface area contributed by atoms with E-state index in [-0.39, 0.29) is 6.42 Å². The highest BCUT2D eigenvalue weighted by atomic mass is 16.6. The van der Waals surface area contributed by atoms with Crippen LogP contribution in [0.3, 0.4) is 0 Å². The summed E-state index contributed by atoms with van der Waals surface area (Å²) < 4.78 is 27.6. The van der Waals surface area contributed by atoms with Crippen LogP contribution in [0, 0.1) is 28.6 Å². The van der Waals surface area contributed by atoms with Gasteiger partial charge in [-0.25, -0.2) is 4.79 Å². The van der Waals surface area contributed by atoms with E-state index in [9.17, 15) is 29.1 Å². The Kier molecular flexibility index (Phi) is 6.76. The molecule has 4 aliphatic rings. The molecule has 0 saturated heterocycles. The third-order valence-corrected chi connectivity index (χ3v) is 9.99. The second-order valence-corrected chi connectivity index (χ2v) is 12.7. The molecular formula is C30H36O11. The minimum atomic E-state index is -2.07. The highest BCUT2D eigenvalue weighted by molar-refractivity contribution is 5.96. The SMILES string of the molecule is COC(=O)C[C@@H]1[C@@H]2C(=O)[C@@](OC(C)=O)(C[C@@]3(O)C4=CC(=O)O[C@@H](c5ccoc5)[C@]4(C)CC[C@H]23)[C@@H](OC(C)=O)C1(C)C. The number of rotatable bonds is 5. The van der Waals surface area contributed by atoms with E-state index in [1.807, 2.05) is 6.92 Å². The van der Waals surface area contributed by atoms with Crippen LogP contribution in [0.15, 0.2) is 34.7 Å². The molecule has 2 bridgehead atoms. The number of esters is 4. The van der Waals surface area contributed by atoms with Crippen molar-refractivity contribution in [2.45, 2.75) is 83.7 Å². The Labute approximate surface area is 237 Å². The standard InChI is InChI=1S/C30H36O11/c1-15(31)39-26-27(3,4)19(11-21(33)37-6)23-18-7-9-28(5)20(12-22(34)40-25(28)17-8-10-38-13-17)29(18,36)14-30(26,24(23)35)41-16(2)32/h8,10,12-13,18-19,23,25-26,36H,7,9,11,14H2,1-6H3/t18-,19-,23-,25+,26+,28-,29+,30+/m1/s1. The van der Waals surface area contributed by atoms with E-state index in [0.717, 1.165) is 6.92 Å². The Balaban J connectivity index is 1.74. The quantitative estimate of drug-likeness (QED) is 0.409. The summed E-state index contributed by atoms with van der Waals surface area (Å²) in [5.74, 6) is -5.76. The van der Waals surface area contributed by atoms with Crippen LogP contribution in [-0.4, -0.2) is 59.2 Å². The van der Waals surface area contributed by atoms with Gasteiger partial charge in [0.05, 0.1) is 25.2 Å².